The van der Waals surface area contributed by atoms with Gasteiger partial charge in [0.15, 0.2) is 0 Å². The molecule has 0 aliphatic heterocycles. The molecule has 0 heterocycles. The third-order valence-electron chi connectivity index (χ3n) is 1.88. The fraction of sp³-hybridized carbons (Fsp3) is 0.273. The van der Waals surface area contributed by atoms with Crippen LogP contribution in [0.5, 0.6) is 0 Å². The maximum Gasteiger partial charge on any atom is 1.00 e. The Balaban J connectivity index is 0. The van der Waals surface area contributed by atoms with Gasteiger partial charge in [-0.2, -0.15) is 0 Å². The zero-order valence-corrected chi connectivity index (χ0v) is 10.0. The van der Waals surface area contributed by atoms with Gasteiger partial charge in [-0.1, -0.05) is 30.3 Å². The normalized spacial score (nSPS) is 8.75. The van der Waals surface area contributed by atoms with Gasteiger partial charge in [0.05, 0.1) is 0 Å². The molecule has 0 fully saturated rings. The summed E-state index contributed by atoms with van der Waals surface area (Å²) in [4.78, 5) is 0. The zero-order valence-electron chi connectivity index (χ0n) is 9.01. The van der Waals surface area contributed by atoms with Gasteiger partial charge in [0.2, 0.25) is 0 Å². The van der Waals surface area contributed by atoms with E-state index in [1.54, 1.807) is 0 Å². The van der Waals surface area contributed by atoms with Gasteiger partial charge < -0.3 is 1.43 Å². The van der Waals surface area contributed by atoms with Crippen molar-refractivity contribution in [3.63, 3.8) is 0 Å². The Morgan fingerprint density at radius 3 is 2.67 bits per heavy atom. The van der Waals surface area contributed by atoms with E-state index < -0.39 is 0 Å². The number of allylic oxidation sites excluding steroid dienone is 1. The van der Waals surface area contributed by atoms with E-state index in [0.717, 1.165) is 12.8 Å². The third kappa shape index (κ3) is 3.57. The summed E-state index contributed by atoms with van der Waals surface area (Å²) in [5.41, 5.74) is 2.82. The van der Waals surface area contributed by atoms with E-state index in [9.17, 15) is 0 Å². The third-order valence-corrected chi connectivity index (χ3v) is 1.88. The minimum atomic E-state index is 0. The Hall–Kier alpha value is -0.0400. The largest absolute Gasteiger partial charge is 1.00 e. The molecule has 0 N–H and O–H groups in total. The van der Waals surface area contributed by atoms with E-state index in [-0.39, 0.29) is 31.0 Å². The van der Waals surface area contributed by atoms with E-state index in [1.165, 1.54) is 11.1 Å². The van der Waals surface area contributed by atoms with Crippen LogP contribution in [-0.4, -0.2) is 0 Å². The fourth-order valence-electron chi connectivity index (χ4n) is 1.15. The monoisotopic (exact) mass is 170 g/mol. The second-order valence-electron chi connectivity index (χ2n) is 2.75. The van der Waals surface area contributed by atoms with Gasteiger partial charge >= 0.3 is 29.6 Å². The Labute approximate surface area is 98.5 Å². The fourth-order valence-corrected chi connectivity index (χ4v) is 1.15. The van der Waals surface area contributed by atoms with Crippen molar-refractivity contribution in [2.24, 2.45) is 0 Å². The summed E-state index contributed by atoms with van der Waals surface area (Å²) in [7, 11) is 0. The van der Waals surface area contributed by atoms with Crippen LogP contribution in [0, 0.1) is 6.92 Å². The SMILES string of the molecule is C=CCCc1ccccc1C.[H-].[Na+]. The number of aryl methyl sites for hydroxylation is 2. The van der Waals surface area contributed by atoms with Crippen molar-refractivity contribution in [2.45, 2.75) is 19.8 Å². The Morgan fingerprint density at radius 2 is 2.08 bits per heavy atom. The van der Waals surface area contributed by atoms with Crippen LogP contribution in [0.25, 0.3) is 0 Å². The van der Waals surface area contributed by atoms with Gasteiger partial charge in [-0.05, 0) is 30.9 Å². The predicted octanol–water partition coefficient (Wildman–Crippen LogP) is 0.230. The predicted molar refractivity (Wildman–Crippen MR) is 50.8 cm³/mol. The maximum absolute atomic E-state index is 3.71. The molecule has 0 spiro atoms. The molecule has 0 atom stereocenters. The first-order chi connectivity index (χ1) is 5.34. The maximum atomic E-state index is 3.71. The van der Waals surface area contributed by atoms with Crippen LogP contribution in [0.2, 0.25) is 0 Å². The molecule has 0 aliphatic carbocycles. The summed E-state index contributed by atoms with van der Waals surface area (Å²) < 4.78 is 0. The average molecular weight is 170 g/mol. The molecule has 0 nitrogen and oxygen atoms in total. The molecule has 1 aromatic carbocycles. The topological polar surface area (TPSA) is 0 Å². The van der Waals surface area contributed by atoms with Gasteiger partial charge in [0.1, 0.15) is 0 Å². The van der Waals surface area contributed by atoms with E-state index in [2.05, 4.69) is 37.8 Å². The second kappa shape index (κ2) is 6.47. The smallest absolute Gasteiger partial charge is 1.00 e. The quantitative estimate of drug-likeness (QED) is 0.450. The molecule has 60 valence electrons. The zero-order chi connectivity index (χ0) is 8.10. The number of benzene rings is 1. The van der Waals surface area contributed by atoms with Crippen molar-refractivity contribution in [1.82, 2.24) is 0 Å². The van der Waals surface area contributed by atoms with Crippen LogP contribution >= 0.6 is 0 Å². The van der Waals surface area contributed by atoms with Crippen molar-refractivity contribution < 1.29 is 31.0 Å². The standard InChI is InChI=1S/C11H14.Na.H/c1-3-4-8-11-9-6-5-7-10(11)2;;/h3,5-7,9H,1,4,8H2,2H3;;/q;+1;-1. The molecule has 0 saturated carbocycles. The molecule has 0 radical (unpaired) electrons. The van der Waals surface area contributed by atoms with Crippen molar-refractivity contribution >= 4 is 0 Å². The van der Waals surface area contributed by atoms with Crippen LogP contribution in [0.15, 0.2) is 36.9 Å². The molecule has 0 bridgehead atoms. The summed E-state index contributed by atoms with van der Waals surface area (Å²) in [5, 5.41) is 0. The van der Waals surface area contributed by atoms with Crippen LogP contribution < -0.4 is 29.6 Å². The van der Waals surface area contributed by atoms with E-state index in [1.807, 2.05) is 6.08 Å². The summed E-state index contributed by atoms with van der Waals surface area (Å²) in [6.45, 7) is 5.86. The summed E-state index contributed by atoms with van der Waals surface area (Å²) in [6.07, 6.45) is 4.16. The van der Waals surface area contributed by atoms with E-state index in [0.29, 0.717) is 0 Å². The molecule has 0 unspecified atom stereocenters. The Bertz CT molecular complexity index is 246. The minimum absolute atomic E-state index is 0. The molecule has 12 heavy (non-hydrogen) atoms. The first-order valence-electron chi connectivity index (χ1n) is 4.00. The van der Waals surface area contributed by atoms with Gasteiger partial charge in [0, 0.05) is 0 Å². The van der Waals surface area contributed by atoms with E-state index >= 15 is 0 Å². The summed E-state index contributed by atoms with van der Waals surface area (Å²) >= 11 is 0. The van der Waals surface area contributed by atoms with E-state index in [4.69, 9.17) is 0 Å². The molecule has 1 heteroatoms. The Morgan fingerprint density at radius 1 is 1.42 bits per heavy atom. The van der Waals surface area contributed by atoms with Crippen LogP contribution in [0.3, 0.4) is 0 Å². The van der Waals surface area contributed by atoms with Crippen molar-refractivity contribution in [2.75, 3.05) is 0 Å². The molecule has 0 aliphatic rings. The minimum Gasteiger partial charge on any atom is -1.00 e. The van der Waals surface area contributed by atoms with Crippen molar-refractivity contribution in [3.8, 4) is 0 Å². The van der Waals surface area contributed by atoms with Gasteiger partial charge in [-0.15, -0.1) is 6.58 Å². The molecule has 0 aromatic heterocycles. The van der Waals surface area contributed by atoms with Gasteiger partial charge in [0.25, 0.3) is 0 Å². The Kier molecular flexibility index (Phi) is 6.45. The second-order valence-corrected chi connectivity index (χ2v) is 2.75. The molecule has 1 rings (SSSR count). The van der Waals surface area contributed by atoms with Crippen LogP contribution in [-0.2, 0) is 6.42 Å². The first kappa shape index (κ1) is 12.0. The van der Waals surface area contributed by atoms with Crippen molar-refractivity contribution in [3.05, 3.63) is 48.0 Å². The number of hydrogen-bond acceptors (Lipinski definition) is 0. The molecular formula is C11H15Na. The average Bonchev–Trinajstić information content (AvgIpc) is 2.03. The van der Waals surface area contributed by atoms with Crippen molar-refractivity contribution in [1.29, 1.82) is 0 Å². The first-order valence-corrected chi connectivity index (χ1v) is 4.00. The van der Waals surface area contributed by atoms with Gasteiger partial charge in [-0.25, -0.2) is 0 Å². The molecular weight excluding hydrogens is 155 g/mol. The molecule has 0 saturated heterocycles. The van der Waals surface area contributed by atoms with Crippen LogP contribution in [0.1, 0.15) is 19.0 Å². The summed E-state index contributed by atoms with van der Waals surface area (Å²) in [5.74, 6) is 0. The molecule has 0 amide bonds. The molecule has 1 aromatic rings. The summed E-state index contributed by atoms with van der Waals surface area (Å²) in [6, 6.07) is 8.50. The van der Waals surface area contributed by atoms with Crippen LogP contribution in [0.4, 0.5) is 0 Å². The number of hydrogen-bond donors (Lipinski definition) is 0. The number of rotatable bonds is 3. The van der Waals surface area contributed by atoms with Gasteiger partial charge in [-0.3, -0.25) is 0 Å².